The van der Waals surface area contributed by atoms with Crippen LogP contribution >= 0.6 is 34.2 Å². The zero-order chi connectivity index (χ0) is 15.0. The SMILES string of the molecule is CNc1nc(-c2c(Cl)cccc2OC)nc(C2CC2)c1I. The number of nitrogens with zero attached hydrogens (tertiary/aromatic N) is 2. The van der Waals surface area contributed by atoms with E-state index in [-0.39, 0.29) is 0 Å². The second kappa shape index (κ2) is 5.96. The lowest BCUT2D eigenvalue weighted by atomic mass is 10.1. The van der Waals surface area contributed by atoms with Crippen molar-refractivity contribution in [2.75, 3.05) is 19.5 Å². The van der Waals surface area contributed by atoms with E-state index in [2.05, 4.69) is 32.9 Å². The monoisotopic (exact) mass is 415 g/mol. The van der Waals surface area contributed by atoms with Gasteiger partial charge in [-0.2, -0.15) is 0 Å². The Balaban J connectivity index is 2.21. The van der Waals surface area contributed by atoms with E-state index in [1.54, 1.807) is 7.11 Å². The summed E-state index contributed by atoms with van der Waals surface area (Å²) in [5.41, 5.74) is 1.85. The lowest BCUT2D eigenvalue weighted by Crippen LogP contribution is -2.05. The van der Waals surface area contributed by atoms with E-state index in [4.69, 9.17) is 21.3 Å². The Labute approximate surface area is 142 Å². The predicted molar refractivity (Wildman–Crippen MR) is 93.3 cm³/mol. The van der Waals surface area contributed by atoms with Crippen molar-refractivity contribution in [2.24, 2.45) is 0 Å². The third kappa shape index (κ3) is 2.81. The first-order chi connectivity index (χ1) is 10.2. The Morgan fingerprint density at radius 2 is 2.10 bits per heavy atom. The maximum atomic E-state index is 6.34. The third-order valence-corrected chi connectivity index (χ3v) is 4.88. The quantitative estimate of drug-likeness (QED) is 0.755. The van der Waals surface area contributed by atoms with Gasteiger partial charge in [0.25, 0.3) is 0 Å². The molecule has 110 valence electrons. The van der Waals surface area contributed by atoms with Crippen molar-refractivity contribution in [3.8, 4) is 17.1 Å². The first kappa shape index (κ1) is 14.8. The molecule has 0 radical (unpaired) electrons. The van der Waals surface area contributed by atoms with Gasteiger partial charge < -0.3 is 10.1 Å². The molecule has 1 saturated carbocycles. The first-order valence-corrected chi connectivity index (χ1v) is 8.19. The number of ether oxygens (including phenoxy) is 1. The highest BCUT2D eigenvalue weighted by molar-refractivity contribution is 14.1. The van der Waals surface area contributed by atoms with Gasteiger partial charge in [0.15, 0.2) is 5.82 Å². The van der Waals surface area contributed by atoms with E-state index in [0.717, 1.165) is 20.6 Å². The van der Waals surface area contributed by atoms with Gasteiger partial charge in [0.2, 0.25) is 0 Å². The molecule has 1 heterocycles. The average Bonchev–Trinajstić information content (AvgIpc) is 3.32. The molecule has 3 rings (SSSR count). The number of aromatic nitrogens is 2. The molecule has 4 nitrogen and oxygen atoms in total. The van der Waals surface area contributed by atoms with Crippen molar-refractivity contribution in [3.63, 3.8) is 0 Å². The van der Waals surface area contributed by atoms with Crippen molar-refractivity contribution in [2.45, 2.75) is 18.8 Å². The van der Waals surface area contributed by atoms with Crippen LogP contribution in [0.15, 0.2) is 18.2 Å². The van der Waals surface area contributed by atoms with Crippen molar-refractivity contribution >= 4 is 40.0 Å². The Kier molecular flexibility index (Phi) is 4.21. The van der Waals surface area contributed by atoms with Crippen molar-refractivity contribution in [3.05, 3.63) is 32.5 Å². The second-order valence-electron chi connectivity index (χ2n) is 4.94. The van der Waals surface area contributed by atoms with Crippen molar-refractivity contribution < 1.29 is 4.74 Å². The summed E-state index contributed by atoms with van der Waals surface area (Å²) in [5.74, 6) is 2.68. The van der Waals surface area contributed by atoms with E-state index in [1.807, 2.05) is 25.2 Å². The summed E-state index contributed by atoms with van der Waals surface area (Å²) in [6.07, 6.45) is 2.38. The molecule has 0 spiro atoms. The summed E-state index contributed by atoms with van der Waals surface area (Å²) in [6, 6.07) is 5.56. The zero-order valence-electron chi connectivity index (χ0n) is 11.8. The Morgan fingerprint density at radius 1 is 1.33 bits per heavy atom. The van der Waals surface area contributed by atoms with Crippen LogP contribution in [0.3, 0.4) is 0 Å². The average molecular weight is 416 g/mol. The van der Waals surface area contributed by atoms with Gasteiger partial charge in [0.1, 0.15) is 11.6 Å². The van der Waals surface area contributed by atoms with Gasteiger partial charge >= 0.3 is 0 Å². The maximum absolute atomic E-state index is 6.34. The molecular weight excluding hydrogens is 401 g/mol. The largest absolute Gasteiger partial charge is 0.496 e. The fourth-order valence-electron chi connectivity index (χ4n) is 2.26. The molecule has 0 aliphatic heterocycles. The molecule has 1 fully saturated rings. The fourth-order valence-corrected chi connectivity index (χ4v) is 3.46. The van der Waals surface area contributed by atoms with Gasteiger partial charge in [0.05, 0.1) is 27.0 Å². The molecule has 1 aromatic heterocycles. The number of anilines is 1. The molecule has 1 aliphatic carbocycles. The summed E-state index contributed by atoms with van der Waals surface area (Å²) in [6.45, 7) is 0. The fraction of sp³-hybridized carbons (Fsp3) is 0.333. The molecule has 0 bridgehead atoms. The van der Waals surface area contributed by atoms with Crippen LogP contribution in [-0.4, -0.2) is 24.1 Å². The normalized spacial score (nSPS) is 14.1. The third-order valence-electron chi connectivity index (χ3n) is 3.50. The topological polar surface area (TPSA) is 47.0 Å². The molecule has 1 aromatic carbocycles. The lowest BCUT2D eigenvalue weighted by molar-refractivity contribution is 0.416. The number of benzene rings is 1. The maximum Gasteiger partial charge on any atom is 0.167 e. The van der Waals surface area contributed by atoms with Crippen molar-refractivity contribution in [1.29, 1.82) is 0 Å². The summed E-state index contributed by atoms with van der Waals surface area (Å²) in [7, 11) is 3.50. The minimum atomic E-state index is 0.541. The molecule has 6 heteroatoms. The summed E-state index contributed by atoms with van der Waals surface area (Å²) in [4.78, 5) is 9.37. The second-order valence-corrected chi connectivity index (χ2v) is 6.42. The number of rotatable bonds is 4. The smallest absolute Gasteiger partial charge is 0.167 e. The molecule has 0 atom stereocenters. The van der Waals surface area contributed by atoms with Crippen LogP contribution in [0, 0.1) is 3.57 Å². The molecule has 1 N–H and O–H groups in total. The van der Waals surface area contributed by atoms with Crippen molar-refractivity contribution in [1.82, 2.24) is 9.97 Å². The van der Waals surface area contributed by atoms with Crippen LogP contribution < -0.4 is 10.1 Å². The van der Waals surface area contributed by atoms with E-state index < -0.39 is 0 Å². The molecule has 2 aromatic rings. The lowest BCUT2D eigenvalue weighted by Gasteiger charge is -2.13. The Bertz CT molecular complexity index is 689. The minimum absolute atomic E-state index is 0.541. The minimum Gasteiger partial charge on any atom is -0.496 e. The number of halogens is 2. The Hall–Kier alpha value is -1.08. The first-order valence-electron chi connectivity index (χ1n) is 6.73. The van der Waals surface area contributed by atoms with Gasteiger partial charge in [-0.3, -0.25) is 0 Å². The van der Waals surface area contributed by atoms with E-state index in [0.29, 0.717) is 22.5 Å². The van der Waals surface area contributed by atoms with Crippen LogP contribution in [-0.2, 0) is 0 Å². The molecule has 1 aliphatic rings. The van der Waals surface area contributed by atoms with Crippen LogP contribution in [0.4, 0.5) is 5.82 Å². The van der Waals surface area contributed by atoms with Gasteiger partial charge in [-0.15, -0.1) is 0 Å². The number of methoxy groups -OCH3 is 1. The standard InChI is InChI=1S/C15H15ClIN3O/c1-18-15-12(17)13(8-6-7-8)19-14(20-15)11-9(16)4-3-5-10(11)21-2/h3-5,8H,6-7H2,1-2H3,(H,18,19,20). The number of nitrogens with one attached hydrogen (secondary N) is 1. The summed E-state index contributed by atoms with van der Waals surface area (Å²) >= 11 is 8.65. The van der Waals surface area contributed by atoms with Gasteiger partial charge in [-0.1, -0.05) is 17.7 Å². The number of hydrogen-bond donors (Lipinski definition) is 1. The zero-order valence-corrected chi connectivity index (χ0v) is 14.7. The van der Waals surface area contributed by atoms with Crippen LogP contribution in [0.2, 0.25) is 5.02 Å². The summed E-state index contributed by atoms with van der Waals surface area (Å²) in [5, 5.41) is 3.74. The van der Waals surface area contributed by atoms with Crippen LogP contribution in [0.1, 0.15) is 24.5 Å². The molecule has 0 amide bonds. The highest BCUT2D eigenvalue weighted by Crippen LogP contribution is 2.44. The molecule has 21 heavy (non-hydrogen) atoms. The molecule has 0 saturated heterocycles. The van der Waals surface area contributed by atoms with Gasteiger partial charge in [-0.05, 0) is 47.6 Å². The van der Waals surface area contributed by atoms with E-state index >= 15 is 0 Å². The van der Waals surface area contributed by atoms with Crippen LogP contribution in [0.5, 0.6) is 5.75 Å². The molecular formula is C15H15ClIN3O. The predicted octanol–water partition coefficient (Wildman–Crippen LogP) is 4.33. The summed E-state index contributed by atoms with van der Waals surface area (Å²) < 4.78 is 6.50. The van der Waals surface area contributed by atoms with Gasteiger partial charge in [-0.25, -0.2) is 9.97 Å². The Morgan fingerprint density at radius 3 is 2.71 bits per heavy atom. The highest BCUT2D eigenvalue weighted by atomic mass is 127. The highest BCUT2D eigenvalue weighted by Gasteiger charge is 2.30. The molecule has 0 unspecified atom stereocenters. The van der Waals surface area contributed by atoms with E-state index in [9.17, 15) is 0 Å². The van der Waals surface area contributed by atoms with E-state index in [1.165, 1.54) is 12.8 Å². The number of hydrogen-bond acceptors (Lipinski definition) is 4. The van der Waals surface area contributed by atoms with Crippen LogP contribution in [0.25, 0.3) is 11.4 Å². The van der Waals surface area contributed by atoms with Gasteiger partial charge in [0, 0.05) is 13.0 Å².